The minimum atomic E-state index is -0.343. The van der Waals surface area contributed by atoms with Gasteiger partial charge in [-0.15, -0.1) is 0 Å². The van der Waals surface area contributed by atoms with Crippen LogP contribution in [0.2, 0.25) is 0 Å². The Bertz CT molecular complexity index is 979. The van der Waals surface area contributed by atoms with Gasteiger partial charge >= 0.3 is 0 Å². The van der Waals surface area contributed by atoms with Crippen LogP contribution in [0.1, 0.15) is 19.2 Å². The Balaban J connectivity index is 1.30. The highest BCUT2D eigenvalue weighted by atomic mass is 16.5. The number of nitrogens with zero attached hydrogens (tertiary/aromatic N) is 2. The number of rotatable bonds is 7. The number of fused-ring (bicyclic) bond motifs is 1. The lowest BCUT2D eigenvalue weighted by Gasteiger charge is -2.17. The molecule has 7 heteroatoms. The summed E-state index contributed by atoms with van der Waals surface area (Å²) in [6.07, 6.45) is 0.841. The average Bonchev–Trinajstić information content (AvgIpc) is 3.32. The van der Waals surface area contributed by atoms with E-state index >= 15 is 0 Å². The highest BCUT2D eigenvalue weighted by Gasteiger charge is 2.34. The van der Waals surface area contributed by atoms with Gasteiger partial charge in [-0.1, -0.05) is 12.1 Å². The molecule has 1 fully saturated rings. The molecule has 1 atom stereocenters. The summed E-state index contributed by atoms with van der Waals surface area (Å²) in [5, 5.41) is 2.94. The molecule has 2 heterocycles. The zero-order chi connectivity index (χ0) is 20.2. The summed E-state index contributed by atoms with van der Waals surface area (Å²) >= 11 is 0. The summed E-state index contributed by atoms with van der Waals surface area (Å²) in [5.41, 5.74) is 2.69. The van der Waals surface area contributed by atoms with Crippen LogP contribution in [0.5, 0.6) is 5.75 Å². The minimum Gasteiger partial charge on any atom is -0.494 e. The molecule has 0 spiro atoms. The molecule has 7 nitrogen and oxygen atoms in total. The largest absolute Gasteiger partial charge is 0.494 e. The van der Waals surface area contributed by atoms with Crippen molar-refractivity contribution in [1.82, 2.24) is 15.3 Å². The van der Waals surface area contributed by atoms with Crippen LogP contribution in [0.15, 0.2) is 48.5 Å². The van der Waals surface area contributed by atoms with E-state index < -0.39 is 0 Å². The van der Waals surface area contributed by atoms with Crippen LogP contribution in [-0.2, 0) is 16.0 Å². The van der Waals surface area contributed by atoms with Crippen LogP contribution >= 0.6 is 0 Å². The molecular formula is C22H24N4O3. The van der Waals surface area contributed by atoms with Gasteiger partial charge in [0, 0.05) is 31.6 Å². The van der Waals surface area contributed by atoms with Gasteiger partial charge in [0.05, 0.1) is 23.6 Å². The molecule has 0 aliphatic carbocycles. The van der Waals surface area contributed by atoms with E-state index in [1.54, 1.807) is 4.90 Å². The minimum absolute atomic E-state index is 0.0356. The van der Waals surface area contributed by atoms with E-state index in [4.69, 9.17) is 4.74 Å². The fourth-order valence-corrected chi connectivity index (χ4v) is 3.59. The highest BCUT2D eigenvalue weighted by molar-refractivity contribution is 6.00. The monoisotopic (exact) mass is 392 g/mol. The number of aromatic nitrogens is 2. The third kappa shape index (κ3) is 4.23. The second-order valence-corrected chi connectivity index (χ2v) is 7.07. The van der Waals surface area contributed by atoms with E-state index in [-0.39, 0.29) is 24.2 Å². The molecule has 1 aromatic heterocycles. The number of ether oxygens (including phenoxy) is 1. The second kappa shape index (κ2) is 8.34. The maximum absolute atomic E-state index is 12.5. The number of hydrogen-bond donors (Lipinski definition) is 2. The van der Waals surface area contributed by atoms with E-state index in [9.17, 15) is 9.59 Å². The van der Waals surface area contributed by atoms with Crippen LogP contribution in [-0.4, -0.2) is 41.5 Å². The van der Waals surface area contributed by atoms with Gasteiger partial charge < -0.3 is 19.9 Å². The van der Waals surface area contributed by atoms with Gasteiger partial charge in [0.2, 0.25) is 11.8 Å². The number of para-hydroxylation sites is 2. The summed E-state index contributed by atoms with van der Waals surface area (Å²) in [7, 11) is 0. The van der Waals surface area contributed by atoms with E-state index in [0.717, 1.165) is 28.3 Å². The smallest absolute Gasteiger partial charge is 0.227 e. The van der Waals surface area contributed by atoms with Gasteiger partial charge in [0.1, 0.15) is 11.6 Å². The third-order valence-electron chi connectivity index (χ3n) is 5.05. The van der Waals surface area contributed by atoms with E-state index in [1.807, 2.05) is 55.5 Å². The van der Waals surface area contributed by atoms with Gasteiger partial charge in [0.15, 0.2) is 0 Å². The number of H-pyrrole nitrogens is 1. The third-order valence-corrected chi connectivity index (χ3v) is 5.05. The molecule has 0 unspecified atom stereocenters. The van der Waals surface area contributed by atoms with E-state index in [1.165, 1.54) is 0 Å². The first-order chi connectivity index (χ1) is 14.1. The molecule has 4 rings (SSSR count). The zero-order valence-electron chi connectivity index (χ0n) is 16.4. The number of anilines is 1. The molecule has 1 aliphatic heterocycles. The summed E-state index contributed by atoms with van der Waals surface area (Å²) in [6, 6.07) is 15.2. The highest BCUT2D eigenvalue weighted by Crippen LogP contribution is 2.27. The molecule has 2 amide bonds. The molecule has 1 saturated heterocycles. The molecule has 0 radical (unpaired) electrons. The van der Waals surface area contributed by atoms with Crippen LogP contribution in [0.3, 0.4) is 0 Å². The summed E-state index contributed by atoms with van der Waals surface area (Å²) in [4.78, 5) is 34.4. The number of nitrogens with one attached hydrogen (secondary N) is 2. The number of benzene rings is 2. The Morgan fingerprint density at radius 2 is 2.03 bits per heavy atom. The SMILES string of the molecule is CCOc1ccc(N2C[C@@H](C(=O)NCCc3nc4ccccc4[nH]3)CC2=O)cc1. The van der Waals surface area contributed by atoms with E-state index in [0.29, 0.717) is 26.1 Å². The Hall–Kier alpha value is -3.35. The van der Waals surface area contributed by atoms with Crippen LogP contribution < -0.4 is 15.0 Å². The molecule has 3 aromatic rings. The normalized spacial score (nSPS) is 16.4. The number of carbonyl (C=O) groups is 2. The average molecular weight is 392 g/mol. The lowest BCUT2D eigenvalue weighted by molar-refractivity contribution is -0.126. The first kappa shape index (κ1) is 19.0. The first-order valence-corrected chi connectivity index (χ1v) is 9.88. The van der Waals surface area contributed by atoms with Gasteiger partial charge in [-0.05, 0) is 43.3 Å². The Labute approximate surface area is 169 Å². The Kier molecular flexibility index (Phi) is 5.46. The Morgan fingerprint density at radius 1 is 1.24 bits per heavy atom. The van der Waals surface area contributed by atoms with Gasteiger partial charge in [-0.25, -0.2) is 4.98 Å². The van der Waals surface area contributed by atoms with Crippen molar-refractivity contribution in [2.24, 2.45) is 5.92 Å². The van der Waals surface area contributed by atoms with Crippen molar-refractivity contribution in [2.75, 3.05) is 24.6 Å². The second-order valence-electron chi connectivity index (χ2n) is 7.07. The molecule has 150 valence electrons. The molecule has 0 bridgehead atoms. The van der Waals surface area contributed by atoms with Crippen molar-refractivity contribution in [1.29, 1.82) is 0 Å². The molecule has 2 N–H and O–H groups in total. The molecule has 1 aliphatic rings. The fourth-order valence-electron chi connectivity index (χ4n) is 3.59. The number of hydrogen-bond acceptors (Lipinski definition) is 4. The summed E-state index contributed by atoms with van der Waals surface area (Å²) in [6.45, 7) is 3.39. The number of imidazole rings is 1. The standard InChI is InChI=1S/C22H24N4O3/c1-2-29-17-9-7-16(8-10-17)26-14-15(13-21(26)27)22(28)23-12-11-20-24-18-5-3-4-6-19(18)25-20/h3-10,15H,2,11-14H2,1H3,(H,23,28)(H,24,25)/t15-/m0/s1. The molecule has 29 heavy (non-hydrogen) atoms. The maximum Gasteiger partial charge on any atom is 0.227 e. The van der Waals surface area contributed by atoms with Crippen molar-refractivity contribution < 1.29 is 14.3 Å². The van der Waals surface area contributed by atoms with Gasteiger partial charge in [-0.2, -0.15) is 0 Å². The predicted molar refractivity (Wildman–Crippen MR) is 111 cm³/mol. The van der Waals surface area contributed by atoms with Gasteiger partial charge in [-0.3, -0.25) is 9.59 Å². The lowest BCUT2D eigenvalue weighted by atomic mass is 10.1. The topological polar surface area (TPSA) is 87.3 Å². The van der Waals surface area contributed by atoms with Gasteiger partial charge in [0.25, 0.3) is 0 Å². The fraction of sp³-hybridized carbons (Fsp3) is 0.318. The lowest BCUT2D eigenvalue weighted by Crippen LogP contribution is -2.34. The summed E-state index contributed by atoms with van der Waals surface area (Å²) in [5.74, 6) is 1.13. The summed E-state index contributed by atoms with van der Waals surface area (Å²) < 4.78 is 5.43. The van der Waals surface area contributed by atoms with Crippen molar-refractivity contribution in [3.05, 3.63) is 54.4 Å². The maximum atomic E-state index is 12.5. The molecule has 2 aromatic carbocycles. The van der Waals surface area contributed by atoms with Crippen molar-refractivity contribution in [2.45, 2.75) is 19.8 Å². The first-order valence-electron chi connectivity index (χ1n) is 9.88. The number of carbonyl (C=O) groups excluding carboxylic acids is 2. The quantitative estimate of drug-likeness (QED) is 0.647. The number of aromatic amines is 1. The van der Waals surface area contributed by atoms with Crippen LogP contribution in [0.25, 0.3) is 11.0 Å². The van der Waals surface area contributed by atoms with E-state index in [2.05, 4.69) is 15.3 Å². The molecular weight excluding hydrogens is 368 g/mol. The Morgan fingerprint density at radius 3 is 2.79 bits per heavy atom. The van der Waals surface area contributed by atoms with Crippen LogP contribution in [0.4, 0.5) is 5.69 Å². The molecule has 0 saturated carbocycles. The van der Waals surface area contributed by atoms with Crippen molar-refractivity contribution >= 4 is 28.5 Å². The zero-order valence-corrected chi connectivity index (χ0v) is 16.4. The number of amides is 2. The van der Waals surface area contributed by atoms with Crippen molar-refractivity contribution in [3.8, 4) is 5.75 Å². The van der Waals surface area contributed by atoms with Crippen molar-refractivity contribution in [3.63, 3.8) is 0 Å². The van der Waals surface area contributed by atoms with Crippen LogP contribution in [0, 0.1) is 5.92 Å². The predicted octanol–water partition coefficient (Wildman–Crippen LogP) is 2.67.